The molecule has 2 N–H and O–H groups in total. The SMILES string of the molecule is O=C(CN1CCC(CO)CC1)NC(c1ccccc1)C1CCCCC1. The first-order chi connectivity index (χ1) is 12.3. The summed E-state index contributed by atoms with van der Waals surface area (Å²) in [6, 6.07) is 10.6. The van der Waals surface area contributed by atoms with Gasteiger partial charge < -0.3 is 10.4 Å². The fourth-order valence-electron chi connectivity index (χ4n) is 4.35. The molecule has 1 aromatic rings. The van der Waals surface area contributed by atoms with Gasteiger partial charge in [0, 0.05) is 6.61 Å². The third kappa shape index (κ3) is 5.29. The summed E-state index contributed by atoms with van der Waals surface area (Å²) in [5.41, 5.74) is 1.24. The highest BCUT2D eigenvalue weighted by Crippen LogP contribution is 2.34. The Labute approximate surface area is 151 Å². The molecule has 1 saturated carbocycles. The fourth-order valence-corrected chi connectivity index (χ4v) is 4.35. The number of hydrogen-bond acceptors (Lipinski definition) is 3. The van der Waals surface area contributed by atoms with E-state index in [2.05, 4.69) is 34.5 Å². The van der Waals surface area contributed by atoms with Crippen LogP contribution in [0.15, 0.2) is 30.3 Å². The molecule has 1 aromatic carbocycles. The number of aliphatic hydroxyl groups excluding tert-OH is 1. The number of carbonyl (C=O) groups is 1. The van der Waals surface area contributed by atoms with Gasteiger partial charge in [-0.3, -0.25) is 9.69 Å². The maximum absolute atomic E-state index is 12.7. The average Bonchev–Trinajstić information content (AvgIpc) is 2.68. The van der Waals surface area contributed by atoms with Crippen LogP contribution in [0.3, 0.4) is 0 Å². The van der Waals surface area contributed by atoms with Crippen LogP contribution in [0.4, 0.5) is 0 Å². The van der Waals surface area contributed by atoms with Gasteiger partial charge >= 0.3 is 0 Å². The first-order valence-electron chi connectivity index (χ1n) is 9.94. The molecule has 4 heteroatoms. The maximum Gasteiger partial charge on any atom is 0.234 e. The van der Waals surface area contributed by atoms with Gasteiger partial charge in [0.05, 0.1) is 12.6 Å². The highest BCUT2D eigenvalue weighted by atomic mass is 16.3. The van der Waals surface area contributed by atoms with E-state index < -0.39 is 0 Å². The smallest absolute Gasteiger partial charge is 0.234 e. The summed E-state index contributed by atoms with van der Waals surface area (Å²) in [7, 11) is 0. The quantitative estimate of drug-likeness (QED) is 0.834. The highest BCUT2D eigenvalue weighted by Gasteiger charge is 2.27. The number of hydrogen-bond donors (Lipinski definition) is 2. The molecule has 0 spiro atoms. The Bertz CT molecular complexity index is 520. The molecular formula is C21H32N2O2. The summed E-state index contributed by atoms with van der Waals surface area (Å²) in [5, 5.41) is 12.6. The van der Waals surface area contributed by atoms with Crippen LogP contribution < -0.4 is 5.32 Å². The molecule has 1 saturated heterocycles. The van der Waals surface area contributed by atoms with Gasteiger partial charge in [-0.1, -0.05) is 49.6 Å². The number of aliphatic hydroxyl groups is 1. The van der Waals surface area contributed by atoms with Crippen LogP contribution >= 0.6 is 0 Å². The lowest BCUT2D eigenvalue weighted by molar-refractivity contribution is -0.123. The first-order valence-corrected chi connectivity index (χ1v) is 9.94. The lowest BCUT2D eigenvalue weighted by Gasteiger charge is -2.33. The largest absolute Gasteiger partial charge is 0.396 e. The molecule has 1 amide bonds. The van der Waals surface area contributed by atoms with Crippen LogP contribution in [0.25, 0.3) is 0 Å². The van der Waals surface area contributed by atoms with E-state index in [1.165, 1.54) is 37.7 Å². The Morgan fingerprint density at radius 3 is 2.40 bits per heavy atom. The van der Waals surface area contributed by atoms with Crippen molar-refractivity contribution in [3.05, 3.63) is 35.9 Å². The lowest BCUT2D eigenvalue weighted by atomic mass is 9.81. The molecule has 1 aliphatic heterocycles. The van der Waals surface area contributed by atoms with Crippen molar-refractivity contribution in [3.8, 4) is 0 Å². The van der Waals surface area contributed by atoms with Crippen LogP contribution in [0.1, 0.15) is 56.6 Å². The summed E-state index contributed by atoms with van der Waals surface area (Å²) in [6.45, 7) is 2.59. The third-order valence-corrected chi connectivity index (χ3v) is 5.93. The minimum Gasteiger partial charge on any atom is -0.396 e. The minimum atomic E-state index is 0.141. The van der Waals surface area contributed by atoms with Gasteiger partial charge in [-0.2, -0.15) is 0 Å². The van der Waals surface area contributed by atoms with E-state index in [0.29, 0.717) is 18.4 Å². The van der Waals surface area contributed by atoms with Crippen LogP contribution in [0.2, 0.25) is 0 Å². The Kier molecular flexibility index (Phi) is 6.88. The molecule has 1 aliphatic carbocycles. The van der Waals surface area contributed by atoms with Crippen LogP contribution in [0.5, 0.6) is 0 Å². The van der Waals surface area contributed by atoms with E-state index in [1.807, 2.05) is 6.07 Å². The zero-order valence-electron chi connectivity index (χ0n) is 15.2. The number of nitrogens with one attached hydrogen (secondary N) is 1. The van der Waals surface area contributed by atoms with Crippen LogP contribution in [0, 0.1) is 11.8 Å². The van der Waals surface area contributed by atoms with Gasteiger partial charge in [0.2, 0.25) is 5.91 Å². The lowest BCUT2D eigenvalue weighted by Crippen LogP contribution is -2.44. The normalized spacial score (nSPS) is 21.8. The van der Waals surface area contributed by atoms with Crippen LogP contribution in [-0.4, -0.2) is 42.2 Å². The van der Waals surface area contributed by atoms with Gasteiger partial charge in [0.15, 0.2) is 0 Å². The van der Waals surface area contributed by atoms with E-state index in [4.69, 9.17) is 0 Å². The maximum atomic E-state index is 12.7. The van der Waals surface area contributed by atoms with Gasteiger partial charge in [0.25, 0.3) is 0 Å². The molecule has 3 rings (SSSR count). The minimum absolute atomic E-state index is 0.141. The van der Waals surface area contributed by atoms with Crippen molar-refractivity contribution in [1.82, 2.24) is 10.2 Å². The average molecular weight is 344 g/mol. The molecule has 25 heavy (non-hydrogen) atoms. The second kappa shape index (κ2) is 9.35. The Balaban J connectivity index is 1.58. The number of benzene rings is 1. The fraction of sp³-hybridized carbons (Fsp3) is 0.667. The molecular weight excluding hydrogens is 312 g/mol. The molecule has 1 unspecified atom stereocenters. The van der Waals surface area contributed by atoms with Gasteiger partial charge in [0.1, 0.15) is 0 Å². The van der Waals surface area contributed by atoms with E-state index in [-0.39, 0.29) is 18.6 Å². The molecule has 2 aliphatic rings. The van der Waals surface area contributed by atoms with E-state index in [0.717, 1.165) is 25.9 Å². The standard InChI is InChI=1S/C21H32N2O2/c24-16-17-11-13-23(14-12-17)15-20(25)22-21(18-7-3-1-4-8-18)19-9-5-2-6-10-19/h1,3-4,7-8,17,19,21,24H,2,5-6,9-16H2,(H,22,25). The summed E-state index contributed by atoms with van der Waals surface area (Å²) >= 11 is 0. The van der Waals surface area contributed by atoms with Crippen molar-refractivity contribution in [1.29, 1.82) is 0 Å². The molecule has 2 fully saturated rings. The number of piperidine rings is 1. The molecule has 138 valence electrons. The summed E-state index contributed by atoms with van der Waals surface area (Å²) in [4.78, 5) is 14.9. The van der Waals surface area contributed by atoms with Crippen molar-refractivity contribution in [2.45, 2.75) is 51.0 Å². The Hall–Kier alpha value is -1.39. The van der Waals surface area contributed by atoms with Crippen molar-refractivity contribution in [2.75, 3.05) is 26.2 Å². The van der Waals surface area contributed by atoms with Gasteiger partial charge in [-0.25, -0.2) is 0 Å². The molecule has 0 aromatic heterocycles. The van der Waals surface area contributed by atoms with E-state index >= 15 is 0 Å². The van der Waals surface area contributed by atoms with Gasteiger partial charge in [-0.15, -0.1) is 0 Å². The van der Waals surface area contributed by atoms with Crippen molar-refractivity contribution in [3.63, 3.8) is 0 Å². The van der Waals surface area contributed by atoms with Gasteiger partial charge in [-0.05, 0) is 56.2 Å². The Morgan fingerprint density at radius 1 is 1.08 bits per heavy atom. The second-order valence-corrected chi connectivity index (χ2v) is 7.76. The highest BCUT2D eigenvalue weighted by molar-refractivity contribution is 5.78. The topological polar surface area (TPSA) is 52.6 Å². The van der Waals surface area contributed by atoms with E-state index in [1.54, 1.807) is 0 Å². The summed E-state index contributed by atoms with van der Waals surface area (Å²) in [6.07, 6.45) is 8.29. The van der Waals surface area contributed by atoms with Crippen molar-refractivity contribution < 1.29 is 9.90 Å². The Morgan fingerprint density at radius 2 is 1.76 bits per heavy atom. The molecule has 1 atom stereocenters. The molecule has 1 heterocycles. The molecule has 4 nitrogen and oxygen atoms in total. The molecule has 0 radical (unpaired) electrons. The number of nitrogens with zero attached hydrogens (tertiary/aromatic N) is 1. The molecule has 0 bridgehead atoms. The predicted molar refractivity (Wildman–Crippen MR) is 100 cm³/mol. The number of likely N-dealkylation sites (tertiary alicyclic amines) is 1. The summed E-state index contributed by atoms with van der Waals surface area (Å²) < 4.78 is 0. The van der Waals surface area contributed by atoms with Crippen molar-refractivity contribution in [2.24, 2.45) is 11.8 Å². The first kappa shape index (κ1) is 18.4. The zero-order chi connectivity index (χ0) is 17.5. The number of amides is 1. The van der Waals surface area contributed by atoms with Crippen molar-refractivity contribution >= 4 is 5.91 Å². The van der Waals surface area contributed by atoms with E-state index in [9.17, 15) is 9.90 Å². The predicted octanol–water partition coefficient (Wildman–Crippen LogP) is 3.13. The summed E-state index contributed by atoms with van der Waals surface area (Å²) in [5.74, 6) is 1.11. The monoisotopic (exact) mass is 344 g/mol. The van der Waals surface area contributed by atoms with Crippen LogP contribution in [-0.2, 0) is 4.79 Å². The number of carbonyl (C=O) groups excluding carboxylic acids is 1. The second-order valence-electron chi connectivity index (χ2n) is 7.76. The number of rotatable bonds is 6. The third-order valence-electron chi connectivity index (χ3n) is 5.93. The zero-order valence-corrected chi connectivity index (χ0v) is 15.2.